The van der Waals surface area contributed by atoms with Gasteiger partial charge in [0.2, 0.25) is 15.9 Å². The molecule has 2 heterocycles. The highest BCUT2D eigenvalue weighted by Crippen LogP contribution is 2.19. The molecule has 3 aromatic rings. The highest BCUT2D eigenvalue weighted by atomic mass is 32.2. The van der Waals surface area contributed by atoms with E-state index in [0.717, 1.165) is 16.5 Å². The van der Waals surface area contributed by atoms with Gasteiger partial charge in [0.15, 0.2) is 0 Å². The number of hydrogen-bond donors (Lipinski definition) is 1. The summed E-state index contributed by atoms with van der Waals surface area (Å²) in [5.41, 5.74) is 2.19. The van der Waals surface area contributed by atoms with Crippen molar-refractivity contribution in [2.24, 2.45) is 0 Å². The van der Waals surface area contributed by atoms with Crippen molar-refractivity contribution in [3.05, 3.63) is 72.4 Å². The summed E-state index contributed by atoms with van der Waals surface area (Å²) in [6.07, 6.45) is 4.65. The first-order valence-electron chi connectivity index (χ1n) is 9.54. The number of amides is 1. The van der Waals surface area contributed by atoms with Crippen molar-refractivity contribution in [1.29, 1.82) is 0 Å². The van der Waals surface area contributed by atoms with Crippen LogP contribution in [0.2, 0.25) is 0 Å². The number of aromatic nitrogens is 1. The van der Waals surface area contributed by atoms with Gasteiger partial charge in [-0.1, -0.05) is 30.3 Å². The summed E-state index contributed by atoms with van der Waals surface area (Å²) >= 11 is 0. The number of carbonyl (C=O) groups excluding carboxylic acids is 1. The summed E-state index contributed by atoms with van der Waals surface area (Å²) in [6, 6.07) is 16.0. The lowest BCUT2D eigenvalue weighted by molar-refractivity contribution is -0.111. The summed E-state index contributed by atoms with van der Waals surface area (Å²) < 4.78 is 31.9. The molecule has 1 aliphatic heterocycles. The molecule has 30 heavy (non-hydrogen) atoms. The molecule has 1 fully saturated rings. The van der Waals surface area contributed by atoms with E-state index in [4.69, 9.17) is 4.74 Å². The third-order valence-corrected chi connectivity index (χ3v) is 6.69. The summed E-state index contributed by atoms with van der Waals surface area (Å²) in [5.74, 6) is -0.294. The fourth-order valence-electron chi connectivity index (χ4n) is 3.18. The molecule has 2 aromatic carbocycles. The lowest BCUT2D eigenvalue weighted by atomic mass is 10.2. The first kappa shape index (κ1) is 20.2. The van der Waals surface area contributed by atoms with E-state index in [9.17, 15) is 13.2 Å². The van der Waals surface area contributed by atoms with Crippen LogP contribution in [0.1, 0.15) is 5.56 Å². The van der Waals surface area contributed by atoms with E-state index < -0.39 is 10.0 Å². The van der Waals surface area contributed by atoms with Gasteiger partial charge < -0.3 is 10.1 Å². The Hall–Kier alpha value is -3.07. The Morgan fingerprint density at radius 1 is 1.07 bits per heavy atom. The number of morpholine rings is 1. The molecule has 0 saturated carbocycles. The van der Waals surface area contributed by atoms with Gasteiger partial charge in [-0.2, -0.15) is 4.31 Å². The minimum atomic E-state index is -3.53. The molecule has 4 rings (SSSR count). The topological polar surface area (TPSA) is 88.6 Å². The minimum Gasteiger partial charge on any atom is -0.379 e. The predicted molar refractivity (Wildman–Crippen MR) is 115 cm³/mol. The van der Waals surface area contributed by atoms with Gasteiger partial charge in [-0.25, -0.2) is 8.42 Å². The molecule has 154 valence electrons. The fourth-order valence-corrected chi connectivity index (χ4v) is 4.59. The number of para-hydroxylation sites is 1. The second-order valence-corrected chi connectivity index (χ2v) is 8.76. The third kappa shape index (κ3) is 4.56. The lowest BCUT2D eigenvalue weighted by Crippen LogP contribution is -2.40. The molecule has 0 aliphatic carbocycles. The van der Waals surface area contributed by atoms with Gasteiger partial charge in [0, 0.05) is 24.6 Å². The first-order chi connectivity index (χ1) is 14.5. The molecule has 1 saturated heterocycles. The number of fused-ring (bicyclic) bond motifs is 1. The largest absolute Gasteiger partial charge is 0.379 e. The van der Waals surface area contributed by atoms with Crippen LogP contribution in [0.25, 0.3) is 17.0 Å². The average molecular weight is 423 g/mol. The van der Waals surface area contributed by atoms with Gasteiger partial charge in [0.05, 0.1) is 35.5 Å². The summed E-state index contributed by atoms with van der Waals surface area (Å²) in [4.78, 5) is 16.8. The van der Waals surface area contributed by atoms with Crippen LogP contribution in [-0.2, 0) is 19.6 Å². The number of nitrogens with zero attached hydrogens (tertiary/aromatic N) is 2. The number of rotatable bonds is 5. The van der Waals surface area contributed by atoms with E-state index in [1.54, 1.807) is 36.5 Å². The van der Waals surface area contributed by atoms with E-state index in [2.05, 4.69) is 10.3 Å². The summed E-state index contributed by atoms with van der Waals surface area (Å²) in [5, 5.41) is 3.72. The van der Waals surface area contributed by atoms with E-state index in [-0.39, 0.29) is 10.8 Å². The Bertz CT molecular complexity index is 1180. The number of ether oxygens (including phenoxy) is 1. The van der Waals surface area contributed by atoms with Crippen LogP contribution in [0.15, 0.2) is 71.8 Å². The number of anilines is 1. The first-order valence-corrected chi connectivity index (χ1v) is 11.0. The molecule has 1 amide bonds. The fraction of sp³-hybridized carbons (Fsp3) is 0.182. The Morgan fingerprint density at radius 3 is 2.57 bits per heavy atom. The van der Waals surface area contributed by atoms with Crippen molar-refractivity contribution >= 4 is 38.6 Å². The number of carbonyl (C=O) groups is 1. The SMILES string of the molecule is O=C(/C=C/c1ccc(S(=O)(=O)N2CCOCC2)cc1)Nc1cnc2ccccc2c1. The number of benzene rings is 2. The molecule has 7 nitrogen and oxygen atoms in total. The van der Waals surface area contributed by atoms with Gasteiger partial charge >= 0.3 is 0 Å². The Morgan fingerprint density at radius 2 is 1.80 bits per heavy atom. The number of sulfonamides is 1. The maximum Gasteiger partial charge on any atom is 0.248 e. The van der Waals surface area contributed by atoms with Gasteiger partial charge in [-0.15, -0.1) is 0 Å². The Balaban J connectivity index is 1.41. The van der Waals surface area contributed by atoms with Crippen LogP contribution in [-0.4, -0.2) is 49.9 Å². The van der Waals surface area contributed by atoms with Crippen molar-refractivity contribution in [3.8, 4) is 0 Å². The molecule has 1 N–H and O–H groups in total. The lowest BCUT2D eigenvalue weighted by Gasteiger charge is -2.26. The van der Waals surface area contributed by atoms with Crippen LogP contribution >= 0.6 is 0 Å². The van der Waals surface area contributed by atoms with Gasteiger partial charge in [0.25, 0.3) is 0 Å². The molecule has 0 atom stereocenters. The standard InChI is InChI=1S/C22H21N3O4S/c26-22(24-19-15-18-3-1-2-4-21(18)23-16-19)10-7-17-5-8-20(9-6-17)30(27,28)25-11-13-29-14-12-25/h1-10,15-16H,11-14H2,(H,24,26)/b10-7+. The van der Waals surface area contributed by atoms with Crippen molar-refractivity contribution in [1.82, 2.24) is 9.29 Å². The molecular weight excluding hydrogens is 402 g/mol. The summed E-state index contributed by atoms with van der Waals surface area (Å²) in [7, 11) is -3.53. The molecule has 1 aromatic heterocycles. The third-order valence-electron chi connectivity index (χ3n) is 4.77. The molecule has 0 bridgehead atoms. The minimum absolute atomic E-state index is 0.230. The zero-order valence-corrected chi connectivity index (χ0v) is 17.0. The maximum absolute atomic E-state index is 12.6. The second kappa shape index (κ2) is 8.74. The Labute approximate surface area is 175 Å². The molecule has 8 heteroatoms. The number of pyridine rings is 1. The van der Waals surface area contributed by atoms with Crippen LogP contribution in [0.4, 0.5) is 5.69 Å². The maximum atomic E-state index is 12.6. The van der Waals surface area contributed by atoms with Gasteiger partial charge in [-0.05, 0) is 35.9 Å². The van der Waals surface area contributed by atoms with E-state index >= 15 is 0 Å². The predicted octanol–water partition coefficient (Wildman–Crippen LogP) is 2.91. The molecule has 1 aliphatic rings. The number of nitrogens with one attached hydrogen (secondary N) is 1. The van der Waals surface area contributed by atoms with Crippen molar-refractivity contribution in [2.45, 2.75) is 4.90 Å². The van der Waals surface area contributed by atoms with Gasteiger partial charge in [-0.3, -0.25) is 9.78 Å². The highest BCUT2D eigenvalue weighted by molar-refractivity contribution is 7.89. The molecular formula is C22H21N3O4S. The van der Waals surface area contributed by atoms with Crippen LogP contribution in [0.3, 0.4) is 0 Å². The van der Waals surface area contributed by atoms with Crippen LogP contribution in [0.5, 0.6) is 0 Å². The number of hydrogen-bond acceptors (Lipinski definition) is 5. The molecule has 0 spiro atoms. The van der Waals surface area contributed by atoms with Crippen molar-refractivity contribution in [3.63, 3.8) is 0 Å². The normalized spacial score (nSPS) is 15.5. The van der Waals surface area contributed by atoms with E-state index in [1.807, 2.05) is 30.3 Å². The smallest absolute Gasteiger partial charge is 0.248 e. The average Bonchev–Trinajstić information content (AvgIpc) is 2.78. The molecule has 0 unspecified atom stereocenters. The Kier molecular flexibility index (Phi) is 5.89. The molecule has 0 radical (unpaired) electrons. The van der Waals surface area contributed by atoms with Crippen LogP contribution in [0, 0.1) is 0 Å². The van der Waals surface area contributed by atoms with E-state index in [1.165, 1.54) is 10.4 Å². The quantitative estimate of drug-likeness (QED) is 0.638. The summed E-state index contributed by atoms with van der Waals surface area (Å²) in [6.45, 7) is 1.52. The van der Waals surface area contributed by atoms with Crippen molar-refractivity contribution in [2.75, 3.05) is 31.6 Å². The monoisotopic (exact) mass is 423 g/mol. The van der Waals surface area contributed by atoms with Crippen LogP contribution < -0.4 is 5.32 Å². The van der Waals surface area contributed by atoms with Gasteiger partial charge in [0.1, 0.15) is 0 Å². The highest BCUT2D eigenvalue weighted by Gasteiger charge is 2.25. The zero-order valence-electron chi connectivity index (χ0n) is 16.2. The second-order valence-electron chi connectivity index (χ2n) is 6.82. The van der Waals surface area contributed by atoms with E-state index in [0.29, 0.717) is 32.0 Å². The zero-order chi connectivity index (χ0) is 21.0. The van der Waals surface area contributed by atoms with Crippen molar-refractivity contribution < 1.29 is 17.9 Å².